The third-order valence-corrected chi connectivity index (χ3v) is 3.25. The number of benzene rings is 1. The van der Waals surface area contributed by atoms with Gasteiger partial charge < -0.3 is 9.84 Å². The number of phenols is 1. The fraction of sp³-hybridized carbons (Fsp3) is 0.188. The lowest BCUT2D eigenvalue weighted by atomic mass is 10.1. The monoisotopic (exact) mass is 314 g/mol. The highest BCUT2D eigenvalue weighted by molar-refractivity contribution is 5.42. The summed E-state index contributed by atoms with van der Waals surface area (Å²) in [5, 5.41) is 13.7. The van der Waals surface area contributed by atoms with Crippen LogP contribution in [0.1, 0.15) is 12.0 Å². The summed E-state index contributed by atoms with van der Waals surface area (Å²) in [7, 11) is 0. The predicted molar refractivity (Wildman–Crippen MR) is 80.7 cm³/mol. The van der Waals surface area contributed by atoms with E-state index in [0.717, 1.165) is 18.5 Å². The van der Waals surface area contributed by atoms with Gasteiger partial charge in [-0.1, -0.05) is 12.1 Å². The summed E-state index contributed by atoms with van der Waals surface area (Å²) >= 11 is 0. The van der Waals surface area contributed by atoms with Crippen molar-refractivity contribution in [3.63, 3.8) is 0 Å². The van der Waals surface area contributed by atoms with Gasteiger partial charge in [0.15, 0.2) is 0 Å². The van der Waals surface area contributed by atoms with Crippen LogP contribution >= 0.6 is 0 Å². The summed E-state index contributed by atoms with van der Waals surface area (Å²) in [6.07, 6.45) is 4.68. The maximum Gasteiger partial charge on any atom is 0.221 e. The van der Waals surface area contributed by atoms with Crippen molar-refractivity contribution >= 4 is 0 Å². The summed E-state index contributed by atoms with van der Waals surface area (Å²) in [5.74, 6) is 0.0710. The molecule has 0 radical (unpaired) electrons. The van der Waals surface area contributed by atoms with E-state index in [1.807, 2.05) is 0 Å². The zero-order valence-electron chi connectivity index (χ0n) is 12.3. The van der Waals surface area contributed by atoms with E-state index in [9.17, 15) is 9.50 Å². The molecule has 3 rings (SSSR count). The second kappa shape index (κ2) is 6.87. The summed E-state index contributed by atoms with van der Waals surface area (Å²) in [6.45, 7) is 0.721. The normalized spacial score (nSPS) is 10.7. The third kappa shape index (κ3) is 4.03. The van der Waals surface area contributed by atoms with Crippen LogP contribution in [0.25, 0.3) is 0 Å². The van der Waals surface area contributed by atoms with E-state index >= 15 is 0 Å². The van der Waals surface area contributed by atoms with Gasteiger partial charge >= 0.3 is 0 Å². The SMILES string of the molecule is Oc1ccc(CCCn2cncn2)c(Oc2cccc(F)n2)c1. The Morgan fingerprint density at radius 2 is 2.13 bits per heavy atom. The molecule has 0 bridgehead atoms. The number of aryl methyl sites for hydroxylation is 2. The van der Waals surface area contributed by atoms with Crippen molar-refractivity contribution < 1.29 is 14.2 Å². The zero-order valence-corrected chi connectivity index (χ0v) is 12.3. The van der Waals surface area contributed by atoms with Crippen LogP contribution in [0.4, 0.5) is 4.39 Å². The first-order valence-electron chi connectivity index (χ1n) is 7.15. The molecule has 2 aromatic heterocycles. The quantitative estimate of drug-likeness (QED) is 0.708. The molecule has 3 aromatic rings. The van der Waals surface area contributed by atoms with Crippen molar-refractivity contribution in [2.75, 3.05) is 0 Å². The molecule has 6 nitrogen and oxygen atoms in total. The lowest BCUT2D eigenvalue weighted by molar-refractivity contribution is 0.429. The van der Waals surface area contributed by atoms with Crippen LogP contribution in [0.2, 0.25) is 0 Å². The number of hydrogen-bond acceptors (Lipinski definition) is 5. The summed E-state index contributed by atoms with van der Waals surface area (Å²) in [5.41, 5.74) is 0.897. The zero-order chi connectivity index (χ0) is 16.1. The molecule has 0 aliphatic heterocycles. The van der Waals surface area contributed by atoms with E-state index in [1.54, 1.807) is 29.2 Å². The summed E-state index contributed by atoms with van der Waals surface area (Å²) in [6, 6.07) is 9.20. The molecule has 0 spiro atoms. The average Bonchev–Trinajstić information content (AvgIpc) is 3.03. The molecule has 0 saturated carbocycles. The molecule has 0 fully saturated rings. The van der Waals surface area contributed by atoms with Crippen molar-refractivity contribution in [2.24, 2.45) is 0 Å². The number of phenolic OH excluding ortho intramolecular Hbond substituents is 1. The van der Waals surface area contributed by atoms with Crippen LogP contribution in [0.15, 0.2) is 49.1 Å². The largest absolute Gasteiger partial charge is 0.508 e. The predicted octanol–water partition coefficient (Wildman–Crippen LogP) is 2.94. The van der Waals surface area contributed by atoms with Gasteiger partial charge in [-0.15, -0.1) is 0 Å². The van der Waals surface area contributed by atoms with Gasteiger partial charge in [-0.25, -0.2) is 4.98 Å². The molecule has 1 aromatic carbocycles. The second-order valence-corrected chi connectivity index (χ2v) is 4.95. The first-order chi connectivity index (χ1) is 11.2. The van der Waals surface area contributed by atoms with Crippen LogP contribution in [0, 0.1) is 5.95 Å². The fourth-order valence-corrected chi connectivity index (χ4v) is 2.18. The van der Waals surface area contributed by atoms with Crippen molar-refractivity contribution in [1.29, 1.82) is 0 Å². The Hall–Kier alpha value is -2.96. The Morgan fingerprint density at radius 1 is 1.22 bits per heavy atom. The minimum atomic E-state index is -0.615. The Labute approximate surface area is 132 Å². The van der Waals surface area contributed by atoms with Gasteiger partial charge in [0, 0.05) is 18.7 Å². The molecule has 0 atom stereocenters. The Bertz CT molecular complexity index is 778. The van der Waals surface area contributed by atoms with Gasteiger partial charge in [0.2, 0.25) is 11.8 Å². The van der Waals surface area contributed by atoms with Crippen LogP contribution in [-0.4, -0.2) is 24.9 Å². The molecule has 1 N–H and O–H groups in total. The van der Waals surface area contributed by atoms with Gasteiger partial charge in [0.25, 0.3) is 0 Å². The number of aromatic nitrogens is 4. The van der Waals surface area contributed by atoms with Crippen molar-refractivity contribution in [1.82, 2.24) is 19.7 Å². The topological polar surface area (TPSA) is 73.1 Å². The number of nitrogens with zero attached hydrogens (tertiary/aromatic N) is 4. The van der Waals surface area contributed by atoms with E-state index in [2.05, 4.69) is 15.1 Å². The van der Waals surface area contributed by atoms with Crippen LogP contribution in [-0.2, 0) is 13.0 Å². The molecular formula is C16H15FN4O2. The van der Waals surface area contributed by atoms with Crippen molar-refractivity contribution in [3.8, 4) is 17.4 Å². The molecule has 2 heterocycles. The molecule has 0 aliphatic carbocycles. The molecule has 23 heavy (non-hydrogen) atoms. The lowest BCUT2D eigenvalue weighted by Gasteiger charge is -2.11. The second-order valence-electron chi connectivity index (χ2n) is 4.95. The third-order valence-electron chi connectivity index (χ3n) is 3.25. The van der Waals surface area contributed by atoms with Crippen molar-refractivity contribution in [2.45, 2.75) is 19.4 Å². The minimum Gasteiger partial charge on any atom is -0.508 e. The van der Waals surface area contributed by atoms with Gasteiger partial charge in [-0.05, 0) is 30.5 Å². The fourth-order valence-electron chi connectivity index (χ4n) is 2.18. The Kier molecular flexibility index (Phi) is 4.46. The minimum absolute atomic E-state index is 0.0800. The van der Waals surface area contributed by atoms with E-state index in [1.165, 1.54) is 24.5 Å². The lowest BCUT2D eigenvalue weighted by Crippen LogP contribution is -2.01. The highest BCUT2D eigenvalue weighted by Gasteiger charge is 2.08. The Morgan fingerprint density at radius 3 is 2.91 bits per heavy atom. The number of aromatic hydroxyl groups is 1. The number of ether oxygens (including phenoxy) is 1. The van der Waals surface area contributed by atoms with Gasteiger partial charge in [-0.3, -0.25) is 4.68 Å². The molecule has 0 unspecified atom stereocenters. The molecule has 0 saturated heterocycles. The first-order valence-corrected chi connectivity index (χ1v) is 7.15. The maximum absolute atomic E-state index is 13.2. The van der Waals surface area contributed by atoms with Gasteiger partial charge in [0.1, 0.15) is 24.2 Å². The van der Waals surface area contributed by atoms with Gasteiger partial charge in [-0.2, -0.15) is 14.5 Å². The number of hydrogen-bond donors (Lipinski definition) is 1. The number of halogens is 1. The standard InChI is InChI=1S/C16H15FN4O2/c17-15-4-1-5-16(20-15)23-14-9-13(22)7-6-12(14)3-2-8-21-11-18-10-19-21/h1,4-7,9-11,22H,2-3,8H2. The average molecular weight is 314 g/mol. The van der Waals surface area contributed by atoms with E-state index in [0.29, 0.717) is 12.2 Å². The summed E-state index contributed by atoms with van der Waals surface area (Å²) in [4.78, 5) is 7.56. The summed E-state index contributed by atoms with van der Waals surface area (Å²) < 4.78 is 20.5. The van der Waals surface area contributed by atoms with Crippen LogP contribution in [0.5, 0.6) is 17.4 Å². The van der Waals surface area contributed by atoms with Crippen LogP contribution in [0.3, 0.4) is 0 Å². The highest BCUT2D eigenvalue weighted by atomic mass is 19.1. The van der Waals surface area contributed by atoms with E-state index < -0.39 is 5.95 Å². The molecule has 0 aliphatic rings. The first kappa shape index (κ1) is 15.0. The maximum atomic E-state index is 13.2. The van der Waals surface area contributed by atoms with Crippen LogP contribution < -0.4 is 4.74 Å². The Balaban J connectivity index is 1.72. The highest BCUT2D eigenvalue weighted by Crippen LogP contribution is 2.29. The van der Waals surface area contributed by atoms with E-state index in [-0.39, 0.29) is 11.6 Å². The molecule has 118 valence electrons. The molecule has 7 heteroatoms. The number of pyridine rings is 1. The molecular weight excluding hydrogens is 299 g/mol. The van der Waals surface area contributed by atoms with Crippen molar-refractivity contribution in [3.05, 3.63) is 60.6 Å². The smallest absolute Gasteiger partial charge is 0.221 e. The molecule has 0 amide bonds. The van der Waals surface area contributed by atoms with E-state index in [4.69, 9.17) is 4.74 Å². The number of rotatable bonds is 6. The van der Waals surface area contributed by atoms with Gasteiger partial charge in [0.05, 0.1) is 0 Å².